The molecule has 2 aromatic rings. The van der Waals surface area contributed by atoms with E-state index < -0.39 is 0 Å². The van der Waals surface area contributed by atoms with Gasteiger partial charge in [0.15, 0.2) is 0 Å². The van der Waals surface area contributed by atoms with Crippen LogP contribution in [0.25, 0.3) is 0 Å². The summed E-state index contributed by atoms with van der Waals surface area (Å²) in [7, 11) is 0. The molecule has 2 saturated heterocycles. The molecule has 0 unspecified atom stereocenters. The highest BCUT2D eigenvalue weighted by atomic mass is 79.9. The lowest BCUT2D eigenvalue weighted by atomic mass is 10.1. The van der Waals surface area contributed by atoms with E-state index in [2.05, 4.69) is 25.7 Å². The number of amides is 2. The van der Waals surface area contributed by atoms with Gasteiger partial charge in [0.25, 0.3) is 5.91 Å². The van der Waals surface area contributed by atoms with Crippen molar-refractivity contribution in [1.29, 1.82) is 0 Å². The third kappa shape index (κ3) is 3.74. The second kappa shape index (κ2) is 7.62. The van der Waals surface area contributed by atoms with Gasteiger partial charge < -0.3 is 4.90 Å². The van der Waals surface area contributed by atoms with E-state index in [4.69, 9.17) is 11.6 Å². The highest BCUT2D eigenvalue weighted by Crippen LogP contribution is 2.28. The Morgan fingerprint density at radius 2 is 1.44 bits per heavy atom. The maximum atomic E-state index is 12.9. The molecule has 4 rings (SSSR count). The minimum absolute atomic E-state index is 0.123. The maximum absolute atomic E-state index is 12.9. The number of piperazine rings is 1. The second-order valence-corrected chi connectivity index (χ2v) is 8.12. The van der Waals surface area contributed by atoms with E-state index in [1.807, 2.05) is 36.4 Å². The van der Waals surface area contributed by atoms with Crippen molar-refractivity contribution in [1.82, 2.24) is 4.90 Å². The number of rotatable bonds is 3. The molecule has 2 aromatic carbocycles. The normalized spacial score (nSPS) is 21.2. The van der Waals surface area contributed by atoms with E-state index in [-0.39, 0.29) is 24.3 Å². The van der Waals surface area contributed by atoms with Crippen LogP contribution >= 0.6 is 27.5 Å². The Kier molecular flexibility index (Phi) is 5.21. The molecule has 5 nitrogen and oxygen atoms in total. The molecule has 7 heteroatoms. The number of anilines is 2. The first-order valence-electron chi connectivity index (χ1n) is 8.90. The van der Waals surface area contributed by atoms with E-state index >= 15 is 0 Å². The van der Waals surface area contributed by atoms with E-state index in [1.54, 1.807) is 12.1 Å². The molecule has 27 heavy (non-hydrogen) atoms. The van der Waals surface area contributed by atoms with Gasteiger partial charge in [-0.3, -0.25) is 14.5 Å². The van der Waals surface area contributed by atoms with Crippen LogP contribution in [0, 0.1) is 0 Å². The van der Waals surface area contributed by atoms with E-state index in [0.717, 1.165) is 41.4 Å². The van der Waals surface area contributed by atoms with Gasteiger partial charge in [0.1, 0.15) is 0 Å². The lowest BCUT2D eigenvalue weighted by molar-refractivity contribution is -0.123. The number of carbonyl (C=O) groups is 2. The van der Waals surface area contributed by atoms with Crippen LogP contribution < -0.4 is 9.80 Å². The van der Waals surface area contributed by atoms with Crippen molar-refractivity contribution in [2.45, 2.75) is 12.5 Å². The molecule has 0 bridgehead atoms. The van der Waals surface area contributed by atoms with Gasteiger partial charge in [0.2, 0.25) is 5.91 Å². The number of benzene rings is 2. The van der Waals surface area contributed by atoms with E-state index in [0.29, 0.717) is 5.69 Å². The predicted molar refractivity (Wildman–Crippen MR) is 110 cm³/mol. The monoisotopic (exact) mass is 447 g/mol. The van der Waals surface area contributed by atoms with Crippen LogP contribution in [0.2, 0.25) is 5.02 Å². The minimum Gasteiger partial charge on any atom is -0.369 e. The Balaban J connectivity index is 1.43. The third-order valence-electron chi connectivity index (χ3n) is 5.15. The van der Waals surface area contributed by atoms with Gasteiger partial charge in [-0.15, -0.1) is 0 Å². The van der Waals surface area contributed by atoms with Crippen molar-refractivity contribution in [2.24, 2.45) is 0 Å². The Labute approximate surface area is 171 Å². The Morgan fingerprint density at radius 1 is 0.852 bits per heavy atom. The molecule has 0 aliphatic carbocycles. The molecule has 2 amide bonds. The summed E-state index contributed by atoms with van der Waals surface area (Å²) >= 11 is 9.34. The molecule has 0 saturated carbocycles. The predicted octanol–water partition coefficient (Wildman–Crippen LogP) is 3.56. The zero-order valence-electron chi connectivity index (χ0n) is 14.6. The van der Waals surface area contributed by atoms with Gasteiger partial charge in [-0.05, 0) is 48.5 Å². The van der Waals surface area contributed by atoms with E-state index in [9.17, 15) is 9.59 Å². The van der Waals surface area contributed by atoms with Gasteiger partial charge in [0.05, 0.1) is 18.2 Å². The first-order valence-corrected chi connectivity index (χ1v) is 10.1. The van der Waals surface area contributed by atoms with E-state index in [1.165, 1.54) is 4.90 Å². The highest BCUT2D eigenvalue weighted by Gasteiger charge is 2.43. The van der Waals surface area contributed by atoms with Crippen molar-refractivity contribution in [3.8, 4) is 0 Å². The van der Waals surface area contributed by atoms with Crippen molar-refractivity contribution < 1.29 is 9.59 Å². The van der Waals surface area contributed by atoms with Crippen LogP contribution in [0.4, 0.5) is 11.4 Å². The topological polar surface area (TPSA) is 43.9 Å². The van der Waals surface area contributed by atoms with Crippen molar-refractivity contribution >= 4 is 50.7 Å². The Bertz CT molecular complexity index is 849. The number of hydrogen-bond donors (Lipinski definition) is 0. The summed E-state index contributed by atoms with van der Waals surface area (Å²) in [5.41, 5.74) is 1.76. The van der Waals surface area contributed by atoms with Gasteiger partial charge >= 0.3 is 0 Å². The van der Waals surface area contributed by atoms with Gasteiger partial charge in [-0.25, -0.2) is 4.90 Å². The zero-order valence-corrected chi connectivity index (χ0v) is 17.0. The number of halogens is 2. The molecule has 0 spiro atoms. The molecule has 2 fully saturated rings. The maximum Gasteiger partial charge on any atom is 0.251 e. The summed E-state index contributed by atoms with van der Waals surface area (Å²) in [6.45, 7) is 3.14. The van der Waals surface area contributed by atoms with Crippen molar-refractivity contribution in [3.05, 3.63) is 58.0 Å². The number of imide groups is 1. The van der Waals surface area contributed by atoms with Crippen LogP contribution in [-0.2, 0) is 9.59 Å². The molecule has 2 aliphatic heterocycles. The van der Waals surface area contributed by atoms with Crippen molar-refractivity contribution in [3.63, 3.8) is 0 Å². The lowest BCUT2D eigenvalue weighted by Crippen LogP contribution is -2.52. The number of carbonyl (C=O) groups excluding carboxylic acids is 2. The Morgan fingerprint density at radius 3 is 2.07 bits per heavy atom. The number of nitrogens with zero attached hydrogens (tertiary/aromatic N) is 3. The molecule has 0 aromatic heterocycles. The quantitative estimate of drug-likeness (QED) is 0.674. The SMILES string of the molecule is O=C1C[C@H](N2CCN(c3ccc(Cl)cc3)CC2)C(=O)N1c1ccc(Br)cc1. The fourth-order valence-electron chi connectivity index (χ4n) is 3.71. The van der Waals surface area contributed by atoms with Crippen LogP contribution in [0.15, 0.2) is 53.0 Å². The molecular weight excluding hydrogens is 430 g/mol. The summed E-state index contributed by atoms with van der Waals surface area (Å²) in [4.78, 5) is 31.1. The molecular formula is C20H19BrClN3O2. The first-order chi connectivity index (χ1) is 13.0. The Hall–Kier alpha value is -1.89. The molecule has 0 N–H and O–H groups in total. The largest absolute Gasteiger partial charge is 0.369 e. The molecule has 0 radical (unpaired) electrons. The molecule has 140 valence electrons. The summed E-state index contributed by atoms with van der Waals surface area (Å²) in [6, 6.07) is 14.7. The number of hydrogen-bond acceptors (Lipinski definition) is 4. The smallest absolute Gasteiger partial charge is 0.251 e. The summed E-state index contributed by atoms with van der Waals surface area (Å²) in [5, 5.41) is 0.723. The van der Waals surface area contributed by atoms with Gasteiger partial charge in [0, 0.05) is 41.4 Å². The third-order valence-corrected chi connectivity index (χ3v) is 5.94. The fraction of sp³-hybridized carbons (Fsp3) is 0.300. The van der Waals surface area contributed by atoms with Gasteiger partial charge in [-0.1, -0.05) is 27.5 Å². The summed E-state index contributed by atoms with van der Waals surface area (Å²) in [5.74, 6) is -0.255. The van der Waals surface area contributed by atoms with Gasteiger partial charge in [-0.2, -0.15) is 0 Å². The highest BCUT2D eigenvalue weighted by molar-refractivity contribution is 9.10. The molecule has 2 aliphatic rings. The first kappa shape index (κ1) is 18.5. The molecule has 2 heterocycles. The minimum atomic E-state index is -0.367. The van der Waals surface area contributed by atoms with Crippen LogP contribution in [0.5, 0.6) is 0 Å². The summed E-state index contributed by atoms with van der Waals surface area (Å²) < 4.78 is 0.917. The second-order valence-electron chi connectivity index (χ2n) is 6.76. The summed E-state index contributed by atoms with van der Waals surface area (Å²) in [6.07, 6.45) is 0.246. The zero-order chi connectivity index (χ0) is 19.0. The van der Waals surface area contributed by atoms with Crippen LogP contribution in [0.3, 0.4) is 0 Å². The van der Waals surface area contributed by atoms with Crippen LogP contribution in [-0.4, -0.2) is 48.9 Å². The van der Waals surface area contributed by atoms with Crippen molar-refractivity contribution in [2.75, 3.05) is 36.0 Å². The average Bonchev–Trinajstić information content (AvgIpc) is 2.98. The standard InChI is InChI=1S/C20H19BrClN3O2/c21-14-1-5-17(6-2-14)25-19(26)13-18(20(25)27)24-11-9-23(10-12-24)16-7-3-15(22)4-8-16/h1-8,18H,9-13H2/t18-/m0/s1. The fourth-order valence-corrected chi connectivity index (χ4v) is 4.10. The lowest BCUT2D eigenvalue weighted by Gasteiger charge is -2.38. The average molecular weight is 449 g/mol. The molecule has 1 atom stereocenters. The van der Waals surface area contributed by atoms with Crippen LogP contribution in [0.1, 0.15) is 6.42 Å².